The number of aromatic nitrogens is 1. The van der Waals surface area contributed by atoms with Gasteiger partial charge in [0.25, 0.3) is 0 Å². The number of unbranched alkanes of at least 4 members (excludes halogenated alkanes) is 5. The van der Waals surface area contributed by atoms with Crippen LogP contribution >= 0.6 is 0 Å². The first-order chi connectivity index (χ1) is 23.0. The van der Waals surface area contributed by atoms with Crippen molar-refractivity contribution in [1.82, 2.24) is 20.9 Å². The Kier molecular flexibility index (Phi) is 19.2. The molecule has 1 aromatic carbocycles. The molecule has 2 rings (SSSR count). The molecule has 0 spiro atoms. The van der Waals surface area contributed by atoms with Gasteiger partial charge < -0.3 is 42.6 Å². The first-order valence-corrected chi connectivity index (χ1v) is 19.4. The van der Waals surface area contributed by atoms with Crippen LogP contribution in [0.1, 0.15) is 89.5 Å². The molecular formula is C34H56N6O7Si. The number of para-hydroxylation sites is 1. The molecule has 3 amide bonds. The molecule has 13 nitrogen and oxygen atoms in total. The van der Waals surface area contributed by atoms with Gasteiger partial charge in [0.15, 0.2) is 0 Å². The lowest BCUT2D eigenvalue weighted by molar-refractivity contribution is -0.142. The molecule has 0 aliphatic rings. The number of H-pyrrole nitrogens is 1. The van der Waals surface area contributed by atoms with E-state index in [4.69, 9.17) is 16.6 Å². The van der Waals surface area contributed by atoms with E-state index in [1.165, 1.54) is 32.1 Å². The van der Waals surface area contributed by atoms with E-state index in [-0.39, 0.29) is 44.7 Å². The second-order valence-corrected chi connectivity index (χ2v) is 14.6. The van der Waals surface area contributed by atoms with Gasteiger partial charge in [-0.1, -0.05) is 69.7 Å². The van der Waals surface area contributed by atoms with Gasteiger partial charge in [0.2, 0.25) is 17.7 Å². The smallest absolute Gasteiger partial charge is 0.326 e. The fourth-order valence-electron chi connectivity index (χ4n) is 5.63. The summed E-state index contributed by atoms with van der Waals surface area (Å²) in [6.45, 7) is 2.13. The molecular weight excluding hydrogens is 632 g/mol. The number of rotatable bonds is 26. The van der Waals surface area contributed by atoms with Crippen molar-refractivity contribution in [3.63, 3.8) is 0 Å². The summed E-state index contributed by atoms with van der Waals surface area (Å²) in [6.07, 6.45) is 10.6. The van der Waals surface area contributed by atoms with Crippen LogP contribution < -0.4 is 27.4 Å². The number of amides is 3. The van der Waals surface area contributed by atoms with Gasteiger partial charge in [0.05, 0.1) is 6.04 Å². The Labute approximate surface area is 285 Å². The Hall–Kier alpha value is -3.75. The van der Waals surface area contributed by atoms with Crippen molar-refractivity contribution in [2.75, 3.05) is 6.54 Å². The third kappa shape index (κ3) is 15.9. The fraction of sp³-hybridized carbons (Fsp3) is 0.618. The van der Waals surface area contributed by atoms with Gasteiger partial charge in [-0.3, -0.25) is 19.2 Å². The van der Waals surface area contributed by atoms with E-state index >= 15 is 0 Å². The molecule has 0 bridgehead atoms. The van der Waals surface area contributed by atoms with Crippen LogP contribution in [0.5, 0.6) is 0 Å². The van der Waals surface area contributed by atoms with Gasteiger partial charge in [0, 0.05) is 58.5 Å². The lowest BCUT2D eigenvalue weighted by Crippen LogP contribution is -2.53. The maximum Gasteiger partial charge on any atom is 0.326 e. The minimum absolute atomic E-state index is 0.0799. The quantitative estimate of drug-likeness (QED) is 0.0535. The molecule has 1 heterocycles. The Morgan fingerprint density at radius 2 is 1.58 bits per heavy atom. The fourth-order valence-corrected chi connectivity index (χ4v) is 7.46. The van der Waals surface area contributed by atoms with Crippen LogP contribution in [0.3, 0.4) is 0 Å². The Balaban J connectivity index is 1.91. The Morgan fingerprint density at radius 1 is 0.854 bits per heavy atom. The average molecular weight is 689 g/mol. The predicted molar refractivity (Wildman–Crippen MR) is 189 cm³/mol. The maximum atomic E-state index is 13.4. The summed E-state index contributed by atoms with van der Waals surface area (Å²) in [5.74, 6) is -3.85. The van der Waals surface area contributed by atoms with Crippen molar-refractivity contribution in [3.05, 3.63) is 36.0 Å². The molecule has 0 fully saturated rings. The third-order valence-electron chi connectivity index (χ3n) is 8.50. The van der Waals surface area contributed by atoms with E-state index < -0.39 is 57.3 Å². The lowest BCUT2D eigenvalue weighted by atomic mass is 10.0. The van der Waals surface area contributed by atoms with E-state index in [2.05, 4.69) is 27.9 Å². The van der Waals surface area contributed by atoms with Crippen LogP contribution in [-0.4, -0.2) is 85.1 Å². The van der Waals surface area contributed by atoms with Gasteiger partial charge in [0.1, 0.15) is 12.1 Å². The molecule has 0 saturated carbocycles. The minimum atomic E-state index is -1.28. The highest BCUT2D eigenvalue weighted by molar-refractivity contribution is 6.35. The molecule has 0 unspecified atom stereocenters. The average Bonchev–Trinajstić information content (AvgIpc) is 3.46. The van der Waals surface area contributed by atoms with Gasteiger partial charge >= 0.3 is 11.9 Å². The van der Waals surface area contributed by atoms with Crippen LogP contribution in [0.4, 0.5) is 0 Å². The van der Waals surface area contributed by atoms with E-state index in [0.29, 0.717) is 6.42 Å². The molecule has 0 aliphatic heterocycles. The number of nitrogens with two attached hydrogens (primary N) is 2. The van der Waals surface area contributed by atoms with Crippen LogP contribution in [0.25, 0.3) is 10.9 Å². The molecule has 48 heavy (non-hydrogen) atoms. The summed E-state index contributed by atoms with van der Waals surface area (Å²) in [4.78, 5) is 64.2. The minimum Gasteiger partial charge on any atom is -0.481 e. The highest BCUT2D eigenvalue weighted by Crippen LogP contribution is 2.19. The van der Waals surface area contributed by atoms with Crippen molar-refractivity contribution < 1.29 is 34.2 Å². The number of aromatic amines is 1. The molecule has 14 heteroatoms. The topological polar surface area (TPSA) is 230 Å². The summed E-state index contributed by atoms with van der Waals surface area (Å²) in [5, 5.41) is 27.1. The highest BCUT2D eigenvalue weighted by Gasteiger charge is 2.26. The van der Waals surface area contributed by atoms with Gasteiger partial charge in [-0.15, -0.1) is 0 Å². The van der Waals surface area contributed by atoms with E-state index in [0.717, 1.165) is 41.4 Å². The van der Waals surface area contributed by atoms with Crippen molar-refractivity contribution in [3.8, 4) is 0 Å². The third-order valence-corrected chi connectivity index (χ3v) is 10.6. The molecule has 0 aliphatic carbocycles. The molecule has 10 N–H and O–H groups in total. The van der Waals surface area contributed by atoms with E-state index in [1.54, 1.807) is 6.20 Å². The van der Waals surface area contributed by atoms with Gasteiger partial charge in [-0.2, -0.15) is 0 Å². The molecule has 268 valence electrons. The number of hydrogen-bond donors (Lipinski definition) is 8. The first kappa shape index (κ1) is 40.4. The number of carboxylic acid groups (broad SMARTS) is 2. The maximum absolute atomic E-state index is 13.4. The molecule has 1 aromatic heterocycles. The number of nitrogens with one attached hydrogen (secondary N) is 4. The number of carbonyl (C=O) groups excluding carboxylic acids is 3. The standard InChI is InChI=1S/C34H56N6O7Si/c1-2-3-4-5-6-7-11-24(35)22-48-19-17-26(36)32(44)40-29(20-23-21-38-27-13-9-8-12-25(23)27)33(45)37-18-16-28(34(46)47)39-30(41)14-10-15-31(42)43/h8-9,12-13,21,24,26,28-29,38H,2-7,10-11,14-20,22,35-36,48H2,1H3,(H,37,45)(H,39,41)(H,40,44)(H,42,43)(H,46,47)/t24-,26-,28+,29+/m0/s1. The number of hydrogen-bond acceptors (Lipinski definition) is 7. The predicted octanol–water partition coefficient (Wildman–Crippen LogP) is 2.33. The zero-order valence-electron chi connectivity index (χ0n) is 28.3. The number of fused-ring (bicyclic) bond motifs is 1. The molecule has 0 saturated heterocycles. The Morgan fingerprint density at radius 3 is 2.31 bits per heavy atom. The summed E-state index contributed by atoms with van der Waals surface area (Å²) in [5.41, 5.74) is 14.3. The summed E-state index contributed by atoms with van der Waals surface area (Å²) in [7, 11) is -0.480. The zero-order chi connectivity index (χ0) is 35.3. The zero-order valence-corrected chi connectivity index (χ0v) is 29.7. The van der Waals surface area contributed by atoms with Crippen molar-refractivity contribution in [2.45, 2.75) is 127 Å². The van der Waals surface area contributed by atoms with Crippen LogP contribution in [-0.2, 0) is 30.4 Å². The largest absolute Gasteiger partial charge is 0.481 e. The van der Waals surface area contributed by atoms with Crippen LogP contribution in [0.15, 0.2) is 30.5 Å². The molecule has 4 atom stereocenters. The number of aliphatic carboxylic acids is 2. The van der Waals surface area contributed by atoms with Crippen LogP contribution in [0.2, 0.25) is 12.1 Å². The summed E-state index contributed by atoms with van der Waals surface area (Å²) < 4.78 is 0. The SMILES string of the molecule is CCCCCCCC[C@H](N)C[SiH2]CC[C@H](N)C(=O)N[C@H](Cc1c[nH]c2ccccc12)C(=O)NCC[C@@H](NC(=O)CCCC(=O)O)C(=O)O. The number of carbonyl (C=O) groups is 5. The van der Waals surface area contributed by atoms with E-state index in [9.17, 15) is 29.1 Å². The highest BCUT2D eigenvalue weighted by atomic mass is 28.2. The summed E-state index contributed by atoms with van der Waals surface area (Å²) in [6, 6.07) is 6.65. The van der Waals surface area contributed by atoms with Crippen molar-refractivity contribution in [2.24, 2.45) is 11.5 Å². The normalized spacial score (nSPS) is 14.0. The second-order valence-electron chi connectivity index (χ2n) is 12.6. The molecule has 0 radical (unpaired) electrons. The van der Waals surface area contributed by atoms with Crippen molar-refractivity contribution in [1.29, 1.82) is 0 Å². The first-order valence-electron chi connectivity index (χ1n) is 17.4. The van der Waals surface area contributed by atoms with Crippen molar-refractivity contribution >= 4 is 50.1 Å². The Bertz CT molecular complexity index is 1310. The van der Waals surface area contributed by atoms with Gasteiger partial charge in [-0.25, -0.2) is 4.79 Å². The lowest BCUT2D eigenvalue weighted by Gasteiger charge is -2.21. The van der Waals surface area contributed by atoms with Crippen LogP contribution in [0, 0.1) is 0 Å². The molecule has 2 aromatic rings. The van der Waals surface area contributed by atoms with E-state index in [1.807, 2.05) is 24.3 Å². The second kappa shape index (κ2) is 22.8. The summed E-state index contributed by atoms with van der Waals surface area (Å²) >= 11 is 0. The number of carboxylic acids is 2. The number of benzene rings is 1. The monoisotopic (exact) mass is 688 g/mol. The van der Waals surface area contributed by atoms with Gasteiger partial charge in [-0.05, 0) is 43.4 Å².